The van der Waals surface area contributed by atoms with E-state index in [0.29, 0.717) is 43.0 Å². The van der Waals surface area contributed by atoms with Crippen LogP contribution in [0.15, 0.2) is 30.9 Å². The highest BCUT2D eigenvalue weighted by Gasteiger charge is 2.23. The van der Waals surface area contributed by atoms with Gasteiger partial charge in [0, 0.05) is 37.7 Å². The molecule has 6 heteroatoms. The lowest BCUT2D eigenvalue weighted by molar-refractivity contribution is -0.132. The molecule has 1 fully saturated rings. The number of amides is 2. The Bertz CT molecular complexity index is 622. The van der Waals surface area contributed by atoms with Gasteiger partial charge in [-0.3, -0.25) is 9.59 Å². The maximum Gasteiger partial charge on any atom is 0.251 e. The first-order valence-electron chi connectivity index (χ1n) is 8.97. The number of hydrogen-bond donors (Lipinski definition) is 1. The van der Waals surface area contributed by atoms with Crippen LogP contribution in [0.5, 0.6) is 11.5 Å². The second-order valence-corrected chi connectivity index (χ2v) is 6.49. The summed E-state index contributed by atoms with van der Waals surface area (Å²) in [6, 6.07) is 5.10. The molecule has 1 aliphatic rings. The van der Waals surface area contributed by atoms with Gasteiger partial charge in [-0.15, -0.1) is 6.58 Å². The number of likely N-dealkylation sites (tertiary alicyclic amines) is 1. The number of carbonyl (C=O) groups is 2. The average molecular weight is 360 g/mol. The molecule has 0 saturated carbocycles. The van der Waals surface area contributed by atoms with E-state index in [4.69, 9.17) is 9.47 Å². The van der Waals surface area contributed by atoms with Gasteiger partial charge in [0.05, 0.1) is 14.2 Å². The predicted octanol–water partition coefficient (Wildman–Crippen LogP) is 2.64. The van der Waals surface area contributed by atoms with E-state index in [1.807, 2.05) is 4.90 Å². The fourth-order valence-electron chi connectivity index (χ4n) is 3.12. The molecule has 0 aliphatic carbocycles. The third-order valence-electron chi connectivity index (χ3n) is 4.60. The van der Waals surface area contributed by atoms with E-state index in [2.05, 4.69) is 11.9 Å². The summed E-state index contributed by atoms with van der Waals surface area (Å²) in [4.78, 5) is 26.5. The van der Waals surface area contributed by atoms with E-state index in [9.17, 15) is 9.59 Å². The molecule has 1 atom stereocenters. The van der Waals surface area contributed by atoms with Crippen molar-refractivity contribution in [3.8, 4) is 11.5 Å². The number of ether oxygens (including phenoxy) is 2. The molecular weight excluding hydrogens is 332 g/mol. The smallest absolute Gasteiger partial charge is 0.251 e. The summed E-state index contributed by atoms with van der Waals surface area (Å²) < 4.78 is 10.4. The van der Waals surface area contributed by atoms with Crippen molar-refractivity contribution in [3.05, 3.63) is 36.4 Å². The quantitative estimate of drug-likeness (QED) is 0.724. The molecule has 0 spiro atoms. The van der Waals surface area contributed by atoms with E-state index in [1.165, 1.54) is 0 Å². The first-order valence-corrected chi connectivity index (χ1v) is 8.97. The van der Waals surface area contributed by atoms with Crippen molar-refractivity contribution in [1.29, 1.82) is 0 Å². The maximum absolute atomic E-state index is 12.5. The Hall–Kier alpha value is -2.50. The first kappa shape index (κ1) is 19.8. The van der Waals surface area contributed by atoms with Crippen LogP contribution >= 0.6 is 0 Å². The van der Waals surface area contributed by atoms with Gasteiger partial charge < -0.3 is 19.7 Å². The van der Waals surface area contributed by atoms with Gasteiger partial charge >= 0.3 is 0 Å². The molecule has 26 heavy (non-hydrogen) atoms. The largest absolute Gasteiger partial charge is 0.497 e. The summed E-state index contributed by atoms with van der Waals surface area (Å²) in [6.07, 6.45) is 4.95. The molecule has 6 nitrogen and oxygen atoms in total. The van der Waals surface area contributed by atoms with E-state index in [0.717, 1.165) is 19.4 Å². The topological polar surface area (TPSA) is 67.9 Å². The van der Waals surface area contributed by atoms with Crippen LogP contribution in [-0.2, 0) is 4.79 Å². The summed E-state index contributed by atoms with van der Waals surface area (Å²) in [5.41, 5.74) is 0.496. The highest BCUT2D eigenvalue weighted by atomic mass is 16.5. The van der Waals surface area contributed by atoms with Gasteiger partial charge in [-0.2, -0.15) is 0 Å². The number of nitrogens with zero attached hydrogens (tertiary/aromatic N) is 1. The Balaban J connectivity index is 1.90. The molecule has 2 rings (SSSR count). The maximum atomic E-state index is 12.5. The highest BCUT2D eigenvalue weighted by molar-refractivity contribution is 5.95. The van der Waals surface area contributed by atoms with E-state index in [1.54, 1.807) is 38.5 Å². The molecule has 1 saturated heterocycles. The fourth-order valence-corrected chi connectivity index (χ4v) is 3.12. The number of rotatable bonds is 8. The van der Waals surface area contributed by atoms with Crippen molar-refractivity contribution in [3.63, 3.8) is 0 Å². The number of methoxy groups -OCH3 is 2. The lowest BCUT2D eigenvalue weighted by atomic mass is 9.97. The fraction of sp³-hybridized carbons (Fsp3) is 0.500. The molecule has 1 aromatic carbocycles. The number of benzene rings is 1. The average Bonchev–Trinajstić information content (AvgIpc) is 2.69. The van der Waals surface area contributed by atoms with E-state index < -0.39 is 0 Å². The summed E-state index contributed by atoms with van der Waals surface area (Å²) in [6.45, 7) is 5.70. The number of hydrogen-bond acceptors (Lipinski definition) is 4. The predicted molar refractivity (Wildman–Crippen MR) is 101 cm³/mol. The van der Waals surface area contributed by atoms with Crippen molar-refractivity contribution in [1.82, 2.24) is 10.2 Å². The van der Waals surface area contributed by atoms with E-state index in [-0.39, 0.29) is 17.7 Å². The number of piperidine rings is 1. The van der Waals surface area contributed by atoms with Crippen LogP contribution in [0.25, 0.3) is 0 Å². The molecule has 1 aliphatic heterocycles. The van der Waals surface area contributed by atoms with Gasteiger partial charge in [-0.05, 0) is 37.3 Å². The second-order valence-electron chi connectivity index (χ2n) is 6.49. The van der Waals surface area contributed by atoms with Gasteiger partial charge in [0.1, 0.15) is 11.5 Å². The first-order chi connectivity index (χ1) is 12.6. The Kier molecular flexibility index (Phi) is 7.51. The van der Waals surface area contributed by atoms with Crippen LogP contribution < -0.4 is 14.8 Å². The molecule has 1 aromatic rings. The van der Waals surface area contributed by atoms with Crippen molar-refractivity contribution in [2.75, 3.05) is 33.9 Å². The van der Waals surface area contributed by atoms with Crippen molar-refractivity contribution in [2.45, 2.75) is 25.7 Å². The van der Waals surface area contributed by atoms with Crippen molar-refractivity contribution in [2.24, 2.45) is 5.92 Å². The van der Waals surface area contributed by atoms with Crippen LogP contribution in [-0.4, -0.2) is 50.6 Å². The van der Waals surface area contributed by atoms with Crippen molar-refractivity contribution < 1.29 is 19.1 Å². The lowest BCUT2D eigenvalue weighted by Crippen LogP contribution is -2.43. The molecule has 0 aromatic heterocycles. The lowest BCUT2D eigenvalue weighted by Gasteiger charge is -2.33. The minimum absolute atomic E-state index is 0.165. The summed E-state index contributed by atoms with van der Waals surface area (Å²) >= 11 is 0. The summed E-state index contributed by atoms with van der Waals surface area (Å²) in [7, 11) is 3.10. The Morgan fingerprint density at radius 2 is 1.96 bits per heavy atom. The second kappa shape index (κ2) is 9.85. The minimum Gasteiger partial charge on any atom is -0.497 e. The Morgan fingerprint density at radius 3 is 2.58 bits per heavy atom. The molecule has 2 amide bonds. The van der Waals surface area contributed by atoms with Crippen LogP contribution in [0.2, 0.25) is 0 Å². The monoisotopic (exact) mass is 360 g/mol. The zero-order valence-corrected chi connectivity index (χ0v) is 15.6. The van der Waals surface area contributed by atoms with Crippen LogP contribution in [0.3, 0.4) is 0 Å². The number of nitrogens with one attached hydrogen (secondary N) is 1. The Morgan fingerprint density at radius 1 is 1.27 bits per heavy atom. The zero-order chi connectivity index (χ0) is 18.9. The van der Waals surface area contributed by atoms with Crippen LogP contribution in [0, 0.1) is 5.92 Å². The standard InChI is InChI=1S/C20H28N2O4/c1-4-5-8-19(23)22-9-6-7-15(14-22)13-21-20(24)16-10-17(25-2)12-18(11-16)26-3/h4,10-12,15H,1,5-9,13-14H2,2-3H3,(H,21,24). The molecule has 0 radical (unpaired) electrons. The summed E-state index contributed by atoms with van der Waals surface area (Å²) in [5, 5.41) is 2.97. The molecule has 142 valence electrons. The molecule has 1 heterocycles. The SMILES string of the molecule is C=CCCC(=O)N1CCCC(CNC(=O)c2cc(OC)cc(OC)c2)C1. The molecular formula is C20H28N2O4. The van der Waals surface area contributed by atoms with Gasteiger partial charge in [-0.1, -0.05) is 6.08 Å². The third kappa shape index (κ3) is 5.51. The van der Waals surface area contributed by atoms with Gasteiger partial charge in [0.25, 0.3) is 5.91 Å². The Labute approximate surface area is 155 Å². The number of allylic oxidation sites excluding steroid dienone is 1. The van der Waals surface area contributed by atoms with Crippen molar-refractivity contribution >= 4 is 11.8 Å². The minimum atomic E-state index is -0.169. The molecule has 1 N–H and O–H groups in total. The normalized spacial score (nSPS) is 16.7. The summed E-state index contributed by atoms with van der Waals surface area (Å²) in [5.74, 6) is 1.42. The molecule has 1 unspecified atom stereocenters. The van der Waals surface area contributed by atoms with Gasteiger partial charge in [0.2, 0.25) is 5.91 Å². The van der Waals surface area contributed by atoms with Crippen LogP contribution in [0.4, 0.5) is 0 Å². The number of carbonyl (C=O) groups excluding carboxylic acids is 2. The van der Waals surface area contributed by atoms with Gasteiger partial charge in [0.15, 0.2) is 0 Å². The van der Waals surface area contributed by atoms with E-state index >= 15 is 0 Å². The highest BCUT2D eigenvalue weighted by Crippen LogP contribution is 2.23. The molecule has 0 bridgehead atoms. The zero-order valence-electron chi connectivity index (χ0n) is 15.6. The third-order valence-corrected chi connectivity index (χ3v) is 4.60. The van der Waals surface area contributed by atoms with Gasteiger partial charge in [-0.25, -0.2) is 0 Å². The van der Waals surface area contributed by atoms with Crippen LogP contribution in [0.1, 0.15) is 36.0 Å².